The van der Waals surface area contributed by atoms with Crippen LogP contribution in [0, 0.1) is 51.2 Å². The summed E-state index contributed by atoms with van der Waals surface area (Å²) in [4.78, 5) is 27.2. The predicted molar refractivity (Wildman–Crippen MR) is 180 cm³/mol. The largest absolute Gasteiger partial charge is 0.465 e. The Hall–Kier alpha value is -1.46. The second-order valence-electron chi connectivity index (χ2n) is 17.9. The highest BCUT2D eigenvalue weighted by Gasteiger charge is 2.57. The summed E-state index contributed by atoms with van der Waals surface area (Å²) in [5.41, 5.74) is 0.160. The highest BCUT2D eigenvalue weighted by atomic mass is 16.5. The van der Waals surface area contributed by atoms with Crippen molar-refractivity contribution in [3.63, 3.8) is 0 Å². The average molecular weight is 617 g/mol. The Kier molecular flexibility index (Phi) is 11.4. The molecule has 8 atom stereocenters. The van der Waals surface area contributed by atoms with Gasteiger partial charge in [-0.3, -0.25) is 0 Å². The lowest BCUT2D eigenvalue weighted by atomic mass is 9.44. The molecular formula is C38H68N2O4. The molecule has 0 radical (unpaired) electrons. The molecule has 0 heterocycles. The summed E-state index contributed by atoms with van der Waals surface area (Å²) >= 11 is 0. The maximum Gasteiger partial charge on any atom is 0.407 e. The van der Waals surface area contributed by atoms with Crippen LogP contribution in [0.3, 0.4) is 0 Å². The Morgan fingerprint density at radius 1 is 0.955 bits per heavy atom. The minimum Gasteiger partial charge on any atom is -0.465 e. The zero-order valence-corrected chi connectivity index (χ0v) is 29.8. The van der Waals surface area contributed by atoms with Crippen LogP contribution in [-0.2, 0) is 4.74 Å². The van der Waals surface area contributed by atoms with E-state index in [0.29, 0.717) is 31.0 Å². The van der Waals surface area contributed by atoms with Gasteiger partial charge in [0, 0.05) is 24.5 Å². The van der Waals surface area contributed by atoms with Gasteiger partial charge in [-0.1, -0.05) is 81.1 Å². The van der Waals surface area contributed by atoms with Crippen LogP contribution in [-0.4, -0.2) is 47.9 Å². The van der Waals surface area contributed by atoms with Gasteiger partial charge in [0.15, 0.2) is 0 Å². The van der Waals surface area contributed by atoms with Gasteiger partial charge < -0.3 is 20.1 Å². The van der Waals surface area contributed by atoms with E-state index >= 15 is 0 Å². The van der Waals surface area contributed by atoms with E-state index in [0.717, 1.165) is 75.0 Å². The minimum atomic E-state index is -0.828. The van der Waals surface area contributed by atoms with Crippen LogP contribution >= 0.6 is 0 Å². The molecule has 254 valence electrons. The van der Waals surface area contributed by atoms with Crippen molar-refractivity contribution in [2.75, 3.05) is 19.7 Å². The molecule has 4 rings (SSSR count). The molecule has 0 aliphatic heterocycles. The quantitative estimate of drug-likeness (QED) is 0.226. The number of unbranched alkanes of at least 4 members (excludes halogenated alkanes) is 3. The number of carbonyl (C=O) groups excluding carboxylic acids is 1. The van der Waals surface area contributed by atoms with Gasteiger partial charge in [0.25, 0.3) is 0 Å². The number of hydrogen-bond acceptors (Lipinski definition) is 3. The van der Waals surface area contributed by atoms with Crippen molar-refractivity contribution in [3.8, 4) is 0 Å². The number of hydrogen-bond donors (Lipinski definition) is 2. The lowest BCUT2D eigenvalue weighted by Crippen LogP contribution is -2.56. The Bertz CT molecular complexity index is 982. The van der Waals surface area contributed by atoms with E-state index in [1.54, 1.807) is 4.90 Å². The molecule has 8 unspecified atom stereocenters. The third kappa shape index (κ3) is 7.91. The van der Waals surface area contributed by atoms with Crippen molar-refractivity contribution >= 4 is 12.2 Å². The highest BCUT2D eigenvalue weighted by molar-refractivity contribution is 5.68. The summed E-state index contributed by atoms with van der Waals surface area (Å²) in [6.07, 6.45) is 16.3. The van der Waals surface area contributed by atoms with E-state index in [9.17, 15) is 14.7 Å². The second-order valence-corrected chi connectivity index (χ2v) is 17.9. The topological polar surface area (TPSA) is 78.9 Å². The Morgan fingerprint density at radius 3 is 2.39 bits per heavy atom. The van der Waals surface area contributed by atoms with Crippen LogP contribution in [0.25, 0.3) is 0 Å². The molecule has 0 aromatic carbocycles. The van der Waals surface area contributed by atoms with Crippen LogP contribution in [0.4, 0.5) is 9.59 Å². The molecule has 0 spiro atoms. The molecule has 0 aromatic rings. The maximum atomic E-state index is 13.5. The molecule has 6 nitrogen and oxygen atoms in total. The molecule has 4 aliphatic carbocycles. The van der Waals surface area contributed by atoms with Crippen molar-refractivity contribution < 1.29 is 19.4 Å². The summed E-state index contributed by atoms with van der Waals surface area (Å²) in [6.45, 7) is 20.3. The molecule has 6 heteroatoms. The molecule has 4 saturated carbocycles. The van der Waals surface area contributed by atoms with Gasteiger partial charge in [-0.05, 0) is 116 Å². The van der Waals surface area contributed by atoms with Gasteiger partial charge in [0.1, 0.15) is 0 Å². The fourth-order valence-corrected chi connectivity index (χ4v) is 10.7. The van der Waals surface area contributed by atoms with E-state index in [1.165, 1.54) is 44.9 Å². The standard InChI is InChI=1S/C38H68N2O4/c1-9-10-11-12-22-40(34(42)43)25-36(6)21-20-35(4,5)32(24-36)39-33(41)44-26-37(7)18-13-19-38(8)30-16-14-28(27(2)3)23-29(30)15-17-31(37)38/h27-32H,9-26H2,1-8H3,(H,39,41)(H,42,43). The molecule has 0 bridgehead atoms. The summed E-state index contributed by atoms with van der Waals surface area (Å²) in [5.74, 6) is 4.00. The van der Waals surface area contributed by atoms with Gasteiger partial charge in [-0.25, -0.2) is 9.59 Å². The van der Waals surface area contributed by atoms with Crippen molar-refractivity contribution in [1.82, 2.24) is 10.2 Å². The first-order valence-electron chi connectivity index (χ1n) is 18.5. The number of nitrogens with one attached hydrogen (secondary N) is 1. The maximum absolute atomic E-state index is 13.5. The van der Waals surface area contributed by atoms with Crippen LogP contribution in [0.1, 0.15) is 152 Å². The van der Waals surface area contributed by atoms with Gasteiger partial charge in [-0.2, -0.15) is 0 Å². The smallest absolute Gasteiger partial charge is 0.407 e. The number of carbonyl (C=O) groups is 2. The van der Waals surface area contributed by atoms with Gasteiger partial charge in [-0.15, -0.1) is 0 Å². The lowest BCUT2D eigenvalue weighted by Gasteiger charge is -2.61. The lowest BCUT2D eigenvalue weighted by molar-refractivity contribution is -0.136. The van der Waals surface area contributed by atoms with E-state index in [1.807, 2.05) is 0 Å². The average Bonchev–Trinajstić information content (AvgIpc) is 2.95. The molecule has 0 saturated heterocycles. The van der Waals surface area contributed by atoms with Crippen LogP contribution in [0.15, 0.2) is 0 Å². The normalized spacial score (nSPS) is 38.3. The van der Waals surface area contributed by atoms with E-state index < -0.39 is 6.09 Å². The van der Waals surface area contributed by atoms with Crippen molar-refractivity contribution in [2.45, 2.75) is 158 Å². The first-order chi connectivity index (χ1) is 20.6. The van der Waals surface area contributed by atoms with Crippen LogP contribution < -0.4 is 5.32 Å². The molecule has 2 N–H and O–H groups in total. The molecule has 44 heavy (non-hydrogen) atoms. The number of alkyl carbamates (subject to hydrolysis) is 1. The first-order valence-corrected chi connectivity index (χ1v) is 18.5. The molecular weight excluding hydrogens is 548 g/mol. The van der Waals surface area contributed by atoms with Gasteiger partial charge in [0.05, 0.1) is 6.61 Å². The van der Waals surface area contributed by atoms with Crippen molar-refractivity contribution in [1.29, 1.82) is 0 Å². The van der Waals surface area contributed by atoms with Crippen molar-refractivity contribution in [2.24, 2.45) is 51.2 Å². The summed E-state index contributed by atoms with van der Waals surface area (Å²) in [5, 5.41) is 13.2. The number of rotatable bonds is 11. The van der Waals surface area contributed by atoms with E-state index in [-0.39, 0.29) is 28.4 Å². The third-order valence-electron chi connectivity index (χ3n) is 13.7. The zero-order chi connectivity index (χ0) is 32.3. The highest BCUT2D eigenvalue weighted by Crippen LogP contribution is 2.64. The Morgan fingerprint density at radius 2 is 1.70 bits per heavy atom. The monoisotopic (exact) mass is 617 g/mol. The molecule has 2 amide bonds. The molecule has 4 aliphatic rings. The third-order valence-corrected chi connectivity index (χ3v) is 13.7. The number of amides is 2. The number of fused-ring (bicyclic) bond motifs is 3. The van der Waals surface area contributed by atoms with Crippen molar-refractivity contribution in [3.05, 3.63) is 0 Å². The Labute approximate surface area is 270 Å². The fraction of sp³-hybridized carbons (Fsp3) is 0.947. The molecule has 0 aromatic heterocycles. The summed E-state index contributed by atoms with van der Waals surface area (Å²) < 4.78 is 6.17. The van der Waals surface area contributed by atoms with Crippen LogP contribution in [0.2, 0.25) is 0 Å². The predicted octanol–water partition coefficient (Wildman–Crippen LogP) is 10.2. The SMILES string of the molecule is CCCCCCN(CC1(C)CCC(C)(C)C(NC(=O)OCC2(C)CCCC3(C)C4CCC(C(C)C)CC4CCC23)C1)C(=O)O. The zero-order valence-electron chi connectivity index (χ0n) is 29.8. The number of nitrogens with zero attached hydrogens (tertiary/aromatic N) is 1. The van der Waals surface area contributed by atoms with Gasteiger partial charge in [0.2, 0.25) is 0 Å². The minimum absolute atomic E-state index is 0.0283. The van der Waals surface area contributed by atoms with E-state index in [4.69, 9.17) is 4.74 Å². The summed E-state index contributed by atoms with van der Waals surface area (Å²) in [6, 6.07) is -0.0412. The second kappa shape index (κ2) is 14.1. The first kappa shape index (κ1) is 35.4. The van der Waals surface area contributed by atoms with E-state index in [2.05, 4.69) is 60.7 Å². The molecule has 4 fully saturated rings. The summed E-state index contributed by atoms with van der Waals surface area (Å²) in [7, 11) is 0. The van der Waals surface area contributed by atoms with Crippen LogP contribution in [0.5, 0.6) is 0 Å². The number of carboxylic acid groups (broad SMARTS) is 1. The number of ether oxygens (including phenoxy) is 1. The Balaban J connectivity index is 1.36. The fourth-order valence-electron chi connectivity index (χ4n) is 10.7. The van der Waals surface area contributed by atoms with Gasteiger partial charge >= 0.3 is 12.2 Å².